The number of hydrogen-bond donors (Lipinski definition) is 2. The van der Waals surface area contributed by atoms with E-state index < -0.39 is 17.9 Å². The molecule has 0 aliphatic rings. The van der Waals surface area contributed by atoms with Crippen molar-refractivity contribution in [3.05, 3.63) is 48.0 Å². The standard InChI is InChI=1S/C19H22N2O6/c1-12(27-14-8-6-5-7-9-14)18(22)20-21-19(23)13-10-15(24-2)17(26-4)16(11-13)25-3/h5-12H,1-4H3,(H,20,22)(H,21,23). The summed E-state index contributed by atoms with van der Waals surface area (Å²) in [6, 6.07) is 11.9. The topological polar surface area (TPSA) is 95.1 Å². The second kappa shape index (κ2) is 9.33. The molecule has 0 aliphatic carbocycles. The highest BCUT2D eigenvalue weighted by Crippen LogP contribution is 2.38. The first-order valence-electron chi connectivity index (χ1n) is 8.12. The monoisotopic (exact) mass is 374 g/mol. The number of carbonyl (C=O) groups excluding carboxylic acids is 2. The highest BCUT2D eigenvalue weighted by atomic mass is 16.5. The van der Waals surface area contributed by atoms with Gasteiger partial charge in [0.05, 0.1) is 21.3 Å². The normalized spacial score (nSPS) is 11.1. The zero-order valence-electron chi connectivity index (χ0n) is 15.6. The predicted octanol–water partition coefficient (Wildman–Crippen LogP) is 1.94. The van der Waals surface area contributed by atoms with Crippen molar-refractivity contribution < 1.29 is 28.5 Å². The van der Waals surface area contributed by atoms with Crippen LogP contribution in [0.15, 0.2) is 42.5 Å². The molecule has 0 radical (unpaired) electrons. The van der Waals surface area contributed by atoms with E-state index in [4.69, 9.17) is 18.9 Å². The van der Waals surface area contributed by atoms with Crippen molar-refractivity contribution in [1.29, 1.82) is 0 Å². The van der Waals surface area contributed by atoms with Gasteiger partial charge in [-0.1, -0.05) is 18.2 Å². The van der Waals surface area contributed by atoms with Gasteiger partial charge in [-0.05, 0) is 31.2 Å². The highest BCUT2D eigenvalue weighted by Gasteiger charge is 2.19. The van der Waals surface area contributed by atoms with Crippen LogP contribution >= 0.6 is 0 Å². The first-order valence-corrected chi connectivity index (χ1v) is 8.12. The molecule has 2 N–H and O–H groups in total. The second-order valence-corrected chi connectivity index (χ2v) is 5.43. The zero-order chi connectivity index (χ0) is 19.8. The van der Waals surface area contributed by atoms with E-state index in [2.05, 4.69) is 10.9 Å². The fraction of sp³-hybridized carbons (Fsp3) is 0.263. The van der Waals surface area contributed by atoms with E-state index in [9.17, 15) is 9.59 Å². The molecular weight excluding hydrogens is 352 g/mol. The van der Waals surface area contributed by atoms with Gasteiger partial charge in [0.25, 0.3) is 11.8 Å². The Labute approximate surface area is 157 Å². The van der Waals surface area contributed by atoms with Gasteiger partial charge >= 0.3 is 0 Å². The number of hydrazine groups is 1. The number of amides is 2. The minimum atomic E-state index is -0.798. The van der Waals surface area contributed by atoms with E-state index in [1.165, 1.54) is 33.5 Å². The summed E-state index contributed by atoms with van der Waals surface area (Å²) in [5, 5.41) is 0. The van der Waals surface area contributed by atoms with E-state index in [1.807, 2.05) is 6.07 Å². The van der Waals surface area contributed by atoms with Gasteiger partial charge in [-0.15, -0.1) is 0 Å². The van der Waals surface area contributed by atoms with Crippen LogP contribution in [0.1, 0.15) is 17.3 Å². The average molecular weight is 374 g/mol. The molecule has 0 aliphatic heterocycles. The first kappa shape index (κ1) is 19.9. The van der Waals surface area contributed by atoms with Crippen LogP contribution in [0.5, 0.6) is 23.0 Å². The van der Waals surface area contributed by atoms with Crippen LogP contribution in [0.2, 0.25) is 0 Å². The molecule has 1 atom stereocenters. The third kappa shape index (κ3) is 5.04. The van der Waals surface area contributed by atoms with Gasteiger partial charge in [0.1, 0.15) is 5.75 Å². The maximum absolute atomic E-state index is 12.3. The number of hydrogen-bond acceptors (Lipinski definition) is 6. The van der Waals surface area contributed by atoms with E-state index in [0.29, 0.717) is 23.0 Å². The minimum absolute atomic E-state index is 0.224. The van der Waals surface area contributed by atoms with Crippen LogP contribution in [-0.4, -0.2) is 39.2 Å². The van der Waals surface area contributed by atoms with Gasteiger partial charge in [0, 0.05) is 5.56 Å². The van der Waals surface area contributed by atoms with Crippen LogP contribution in [0.3, 0.4) is 0 Å². The van der Waals surface area contributed by atoms with Gasteiger partial charge in [0.2, 0.25) is 5.75 Å². The first-order chi connectivity index (χ1) is 13.0. The Morgan fingerprint density at radius 1 is 0.889 bits per heavy atom. The molecule has 8 heteroatoms. The summed E-state index contributed by atoms with van der Waals surface area (Å²) in [6.45, 7) is 1.58. The molecule has 2 aromatic carbocycles. The van der Waals surface area contributed by atoms with Crippen molar-refractivity contribution in [2.24, 2.45) is 0 Å². The third-order valence-electron chi connectivity index (χ3n) is 3.65. The number of nitrogens with one attached hydrogen (secondary N) is 2. The summed E-state index contributed by atoms with van der Waals surface area (Å²) in [6.07, 6.45) is -0.798. The van der Waals surface area contributed by atoms with Crippen molar-refractivity contribution in [2.45, 2.75) is 13.0 Å². The molecule has 1 unspecified atom stereocenters. The number of ether oxygens (including phenoxy) is 4. The van der Waals surface area contributed by atoms with E-state index in [0.717, 1.165) is 0 Å². The Bertz CT molecular complexity index is 769. The second-order valence-electron chi connectivity index (χ2n) is 5.43. The Balaban J connectivity index is 2.01. The summed E-state index contributed by atoms with van der Waals surface area (Å²) in [4.78, 5) is 24.5. The lowest BCUT2D eigenvalue weighted by molar-refractivity contribution is -0.128. The van der Waals surface area contributed by atoms with Gasteiger partial charge in [-0.25, -0.2) is 0 Å². The van der Waals surface area contributed by atoms with E-state index in [1.54, 1.807) is 31.2 Å². The molecule has 8 nitrogen and oxygen atoms in total. The maximum atomic E-state index is 12.3. The molecule has 0 bridgehead atoms. The number of rotatable bonds is 7. The number of benzene rings is 2. The third-order valence-corrected chi connectivity index (χ3v) is 3.65. The lowest BCUT2D eigenvalue weighted by Crippen LogP contribution is -2.47. The van der Waals surface area contributed by atoms with Crippen molar-refractivity contribution in [1.82, 2.24) is 10.9 Å². The number of methoxy groups -OCH3 is 3. The summed E-state index contributed by atoms with van der Waals surface area (Å²) < 4.78 is 21.1. The smallest absolute Gasteiger partial charge is 0.279 e. The SMILES string of the molecule is COc1cc(C(=O)NNC(=O)C(C)Oc2ccccc2)cc(OC)c1OC. The molecule has 0 spiro atoms. The summed E-state index contributed by atoms with van der Waals surface area (Å²) in [7, 11) is 4.36. The molecule has 0 heterocycles. The Hall–Kier alpha value is -3.42. The van der Waals surface area contributed by atoms with Gasteiger partial charge in [0.15, 0.2) is 17.6 Å². The fourth-order valence-corrected chi connectivity index (χ4v) is 2.26. The molecule has 0 aromatic heterocycles. The van der Waals surface area contributed by atoms with Gasteiger partial charge < -0.3 is 18.9 Å². The molecule has 2 amide bonds. The summed E-state index contributed by atoms with van der Waals surface area (Å²) in [5.41, 5.74) is 4.89. The fourth-order valence-electron chi connectivity index (χ4n) is 2.26. The maximum Gasteiger partial charge on any atom is 0.279 e. The predicted molar refractivity (Wildman–Crippen MR) is 98.2 cm³/mol. The van der Waals surface area contributed by atoms with Gasteiger partial charge in [-0.2, -0.15) is 0 Å². The van der Waals surface area contributed by atoms with E-state index >= 15 is 0 Å². The summed E-state index contributed by atoms with van der Waals surface area (Å²) >= 11 is 0. The van der Waals surface area contributed by atoms with Crippen molar-refractivity contribution in [2.75, 3.05) is 21.3 Å². The van der Waals surface area contributed by atoms with Crippen LogP contribution in [-0.2, 0) is 4.79 Å². The minimum Gasteiger partial charge on any atom is -0.493 e. The molecule has 27 heavy (non-hydrogen) atoms. The highest BCUT2D eigenvalue weighted by molar-refractivity contribution is 5.97. The Kier molecular flexibility index (Phi) is 6.87. The van der Waals surface area contributed by atoms with Crippen LogP contribution < -0.4 is 29.8 Å². The quantitative estimate of drug-likeness (QED) is 0.719. The van der Waals surface area contributed by atoms with Crippen molar-refractivity contribution in [3.8, 4) is 23.0 Å². The van der Waals surface area contributed by atoms with Crippen molar-refractivity contribution >= 4 is 11.8 Å². The Morgan fingerprint density at radius 2 is 1.48 bits per heavy atom. The molecule has 144 valence electrons. The lowest BCUT2D eigenvalue weighted by Gasteiger charge is -2.16. The number of para-hydroxylation sites is 1. The Morgan fingerprint density at radius 3 is 2.00 bits per heavy atom. The molecule has 2 aromatic rings. The van der Waals surface area contributed by atoms with Crippen LogP contribution in [0.4, 0.5) is 0 Å². The molecular formula is C19H22N2O6. The van der Waals surface area contributed by atoms with Crippen LogP contribution in [0, 0.1) is 0 Å². The summed E-state index contributed by atoms with van der Waals surface area (Å²) in [5.74, 6) is 0.527. The molecule has 0 saturated carbocycles. The average Bonchev–Trinajstić information content (AvgIpc) is 2.71. The van der Waals surface area contributed by atoms with Crippen molar-refractivity contribution in [3.63, 3.8) is 0 Å². The lowest BCUT2D eigenvalue weighted by atomic mass is 10.1. The zero-order valence-corrected chi connectivity index (χ0v) is 15.6. The van der Waals surface area contributed by atoms with Crippen LogP contribution in [0.25, 0.3) is 0 Å². The molecule has 0 fully saturated rings. The van der Waals surface area contributed by atoms with Gasteiger partial charge in [-0.3, -0.25) is 20.4 Å². The number of carbonyl (C=O) groups is 2. The largest absolute Gasteiger partial charge is 0.493 e. The molecule has 0 saturated heterocycles. The molecule has 2 rings (SSSR count). The van der Waals surface area contributed by atoms with E-state index in [-0.39, 0.29) is 5.56 Å².